The summed E-state index contributed by atoms with van der Waals surface area (Å²) in [7, 11) is 0. The summed E-state index contributed by atoms with van der Waals surface area (Å²) < 4.78 is 0. The maximum atomic E-state index is 4.37. The van der Waals surface area contributed by atoms with Gasteiger partial charge < -0.3 is 5.32 Å². The number of hydrogen-bond acceptors (Lipinski definition) is 2. The van der Waals surface area contributed by atoms with Gasteiger partial charge in [-0.05, 0) is 13.8 Å². The summed E-state index contributed by atoms with van der Waals surface area (Å²) in [6.07, 6.45) is 8.37. The third-order valence-corrected chi connectivity index (χ3v) is 2.24. The van der Waals surface area contributed by atoms with E-state index in [1.807, 2.05) is 13.0 Å². The number of allylic oxidation sites excluding steroid dienone is 2. The highest BCUT2D eigenvalue weighted by Crippen LogP contribution is 2.04. The molecule has 0 amide bonds. The number of hydrogen-bond donors (Lipinski definition) is 1. The monoisotopic (exact) mass is 190 g/mol. The molecule has 1 atom stereocenters. The molecule has 2 heteroatoms. The van der Waals surface area contributed by atoms with E-state index in [0.29, 0.717) is 5.92 Å². The molecule has 0 fully saturated rings. The van der Waals surface area contributed by atoms with Crippen LogP contribution in [0.15, 0.2) is 41.4 Å². The van der Waals surface area contributed by atoms with Gasteiger partial charge in [0.1, 0.15) is 0 Å². The quantitative estimate of drug-likeness (QED) is 0.630. The van der Waals surface area contributed by atoms with Crippen LogP contribution in [0.25, 0.3) is 0 Å². The molecule has 0 saturated carbocycles. The van der Waals surface area contributed by atoms with Crippen molar-refractivity contribution in [1.82, 2.24) is 5.32 Å². The van der Waals surface area contributed by atoms with Crippen molar-refractivity contribution in [2.24, 2.45) is 10.9 Å². The minimum atomic E-state index is 0.376. The number of amidine groups is 1. The van der Waals surface area contributed by atoms with E-state index in [2.05, 4.69) is 42.0 Å². The molecule has 1 N–H and O–H groups in total. The third kappa shape index (κ3) is 3.60. The fourth-order valence-corrected chi connectivity index (χ4v) is 1.22. The minimum Gasteiger partial charge on any atom is -0.373 e. The molecule has 0 bridgehead atoms. The molecule has 1 heterocycles. The van der Waals surface area contributed by atoms with Crippen LogP contribution in [0.2, 0.25) is 0 Å². The molecule has 0 spiro atoms. The number of rotatable bonds is 1. The third-order valence-electron chi connectivity index (χ3n) is 2.24. The van der Waals surface area contributed by atoms with Crippen LogP contribution in [0, 0.1) is 5.92 Å². The molecular formula is C12H18N2. The first-order valence-electron chi connectivity index (χ1n) is 4.95. The van der Waals surface area contributed by atoms with Crippen LogP contribution in [0.5, 0.6) is 0 Å². The van der Waals surface area contributed by atoms with Crippen LogP contribution >= 0.6 is 0 Å². The lowest BCUT2D eigenvalue weighted by Gasteiger charge is -2.11. The van der Waals surface area contributed by atoms with Gasteiger partial charge in [-0.1, -0.05) is 29.9 Å². The van der Waals surface area contributed by atoms with Crippen molar-refractivity contribution in [3.05, 3.63) is 36.5 Å². The Morgan fingerprint density at radius 2 is 2.36 bits per heavy atom. The molecule has 0 radical (unpaired) electrons. The fourth-order valence-electron chi connectivity index (χ4n) is 1.22. The normalized spacial score (nSPS) is 23.1. The average Bonchev–Trinajstić information content (AvgIpc) is 2.18. The standard InChI is InChI=1S/C12H18N2/c1-4-12-6-5-10(2)7-8-13-11(3)14-9-12/h4-7,12H,1,8-9H2,2-3H3,(H,13,14). The Kier molecular flexibility index (Phi) is 4.17. The molecule has 1 rings (SSSR count). The zero-order valence-electron chi connectivity index (χ0n) is 8.96. The molecule has 0 aromatic carbocycles. The zero-order valence-corrected chi connectivity index (χ0v) is 8.96. The van der Waals surface area contributed by atoms with Crippen molar-refractivity contribution in [3.8, 4) is 0 Å². The Hall–Kier alpha value is -1.31. The summed E-state index contributed by atoms with van der Waals surface area (Å²) in [6.45, 7) is 9.53. The van der Waals surface area contributed by atoms with Gasteiger partial charge in [0.25, 0.3) is 0 Å². The summed E-state index contributed by atoms with van der Waals surface area (Å²) in [5, 5.41) is 3.27. The molecule has 0 aromatic heterocycles. The molecule has 2 nitrogen and oxygen atoms in total. The van der Waals surface area contributed by atoms with Crippen LogP contribution in [-0.4, -0.2) is 18.9 Å². The Morgan fingerprint density at radius 3 is 3.07 bits per heavy atom. The Bertz CT molecular complexity index is 285. The van der Waals surface area contributed by atoms with Crippen molar-refractivity contribution < 1.29 is 0 Å². The van der Waals surface area contributed by atoms with Crippen molar-refractivity contribution in [2.75, 3.05) is 13.1 Å². The van der Waals surface area contributed by atoms with Crippen LogP contribution < -0.4 is 5.32 Å². The van der Waals surface area contributed by atoms with Crippen LogP contribution in [-0.2, 0) is 0 Å². The lowest BCUT2D eigenvalue weighted by molar-refractivity contribution is 0.748. The van der Waals surface area contributed by atoms with Gasteiger partial charge in [0.2, 0.25) is 0 Å². The summed E-state index contributed by atoms with van der Waals surface area (Å²) >= 11 is 0. The average molecular weight is 190 g/mol. The van der Waals surface area contributed by atoms with Crippen LogP contribution in [0.3, 0.4) is 0 Å². The highest BCUT2D eigenvalue weighted by Gasteiger charge is 2.00. The van der Waals surface area contributed by atoms with Crippen molar-refractivity contribution >= 4 is 5.84 Å². The number of nitrogens with zero attached hydrogens (tertiary/aromatic N) is 1. The first kappa shape index (κ1) is 10.8. The largest absolute Gasteiger partial charge is 0.373 e. The molecule has 0 aromatic rings. The van der Waals surface area contributed by atoms with Gasteiger partial charge in [0.05, 0.1) is 12.4 Å². The van der Waals surface area contributed by atoms with E-state index in [-0.39, 0.29) is 0 Å². The summed E-state index contributed by atoms with van der Waals surface area (Å²) in [4.78, 5) is 4.37. The van der Waals surface area contributed by atoms with Gasteiger partial charge in [-0.2, -0.15) is 0 Å². The van der Waals surface area contributed by atoms with E-state index in [9.17, 15) is 0 Å². The van der Waals surface area contributed by atoms with E-state index < -0.39 is 0 Å². The molecule has 1 unspecified atom stereocenters. The fraction of sp³-hybridized carbons (Fsp3) is 0.417. The highest BCUT2D eigenvalue weighted by atomic mass is 15.0. The van der Waals surface area contributed by atoms with Gasteiger partial charge in [-0.25, -0.2) is 0 Å². The van der Waals surface area contributed by atoms with E-state index in [1.54, 1.807) is 0 Å². The van der Waals surface area contributed by atoms with Crippen molar-refractivity contribution in [1.29, 1.82) is 0 Å². The van der Waals surface area contributed by atoms with Gasteiger partial charge >= 0.3 is 0 Å². The van der Waals surface area contributed by atoms with E-state index in [1.165, 1.54) is 5.57 Å². The van der Waals surface area contributed by atoms with Gasteiger partial charge in [-0.15, -0.1) is 6.58 Å². The van der Waals surface area contributed by atoms with Gasteiger partial charge in [0, 0.05) is 12.5 Å². The maximum Gasteiger partial charge on any atom is 0.0935 e. The summed E-state index contributed by atoms with van der Waals surface area (Å²) in [5.74, 6) is 1.37. The molecule has 0 saturated heterocycles. The van der Waals surface area contributed by atoms with Crippen LogP contribution in [0.4, 0.5) is 0 Å². The molecule has 76 valence electrons. The molecular weight excluding hydrogens is 172 g/mol. The van der Waals surface area contributed by atoms with E-state index >= 15 is 0 Å². The van der Waals surface area contributed by atoms with Gasteiger partial charge in [0.15, 0.2) is 0 Å². The summed E-state index contributed by atoms with van der Waals surface area (Å²) in [5.41, 5.74) is 1.26. The first-order valence-corrected chi connectivity index (χ1v) is 4.95. The predicted octanol–water partition coefficient (Wildman–Crippen LogP) is 2.31. The highest BCUT2D eigenvalue weighted by molar-refractivity contribution is 5.79. The van der Waals surface area contributed by atoms with Gasteiger partial charge in [-0.3, -0.25) is 4.99 Å². The second kappa shape index (κ2) is 5.43. The lowest BCUT2D eigenvalue weighted by Crippen LogP contribution is -2.26. The first-order chi connectivity index (χ1) is 6.72. The van der Waals surface area contributed by atoms with Crippen LogP contribution in [0.1, 0.15) is 13.8 Å². The Balaban J connectivity index is 2.77. The number of aliphatic imine (C=N–C) groups is 1. The smallest absolute Gasteiger partial charge is 0.0935 e. The predicted molar refractivity (Wildman–Crippen MR) is 62.6 cm³/mol. The SMILES string of the molecule is C=CC1C=CC(C)=CCN=C(C)NC1. The van der Waals surface area contributed by atoms with Crippen molar-refractivity contribution in [2.45, 2.75) is 13.8 Å². The Morgan fingerprint density at radius 1 is 1.57 bits per heavy atom. The lowest BCUT2D eigenvalue weighted by atomic mass is 10.1. The minimum absolute atomic E-state index is 0.376. The summed E-state index contributed by atoms with van der Waals surface area (Å²) in [6, 6.07) is 0. The number of nitrogens with one attached hydrogen (secondary N) is 1. The zero-order chi connectivity index (χ0) is 10.4. The second-order valence-corrected chi connectivity index (χ2v) is 3.51. The Labute approximate surface area is 86.1 Å². The molecule has 0 aliphatic carbocycles. The molecule has 1 aliphatic heterocycles. The molecule has 1 aliphatic rings. The topological polar surface area (TPSA) is 24.4 Å². The maximum absolute atomic E-state index is 4.37. The van der Waals surface area contributed by atoms with Crippen molar-refractivity contribution in [3.63, 3.8) is 0 Å². The molecule has 14 heavy (non-hydrogen) atoms. The van der Waals surface area contributed by atoms with E-state index in [0.717, 1.165) is 18.9 Å². The second-order valence-electron chi connectivity index (χ2n) is 3.51. The van der Waals surface area contributed by atoms with E-state index in [4.69, 9.17) is 0 Å².